The number of esters is 1. The van der Waals surface area contributed by atoms with E-state index in [1.807, 2.05) is 51.1 Å². The number of hydrogen-bond donors (Lipinski definition) is 1. The second-order valence-electron chi connectivity index (χ2n) is 6.66. The lowest BCUT2D eigenvalue weighted by molar-refractivity contribution is -0.141. The minimum Gasteiger partial charge on any atom is -0.459 e. The van der Waals surface area contributed by atoms with Gasteiger partial charge in [-0.3, -0.25) is 9.59 Å². The molecule has 0 aliphatic rings. The second kappa shape index (κ2) is 10.3. The molecule has 0 aliphatic heterocycles. The molecule has 0 bridgehead atoms. The molecule has 2 aromatic heterocycles. The normalized spacial score (nSPS) is 10.6. The Morgan fingerprint density at radius 2 is 1.83 bits per heavy atom. The lowest BCUT2D eigenvalue weighted by atomic mass is 10.2. The molecule has 0 spiro atoms. The summed E-state index contributed by atoms with van der Waals surface area (Å²) in [6, 6.07) is 9.48. The molecule has 3 aromatic rings. The van der Waals surface area contributed by atoms with Gasteiger partial charge in [0.15, 0.2) is 5.16 Å². The molecule has 0 aliphatic carbocycles. The fourth-order valence-corrected chi connectivity index (χ4v) is 4.14. The highest BCUT2D eigenvalue weighted by molar-refractivity contribution is 7.99. The summed E-state index contributed by atoms with van der Waals surface area (Å²) < 4.78 is 5.27. The van der Waals surface area contributed by atoms with E-state index in [4.69, 9.17) is 4.74 Å². The molecule has 1 N–H and O–H groups in total. The van der Waals surface area contributed by atoms with Crippen molar-refractivity contribution in [2.45, 2.75) is 39.0 Å². The number of benzene rings is 1. The number of hydrogen-bond acceptors (Lipinski definition) is 8. The van der Waals surface area contributed by atoms with Crippen LogP contribution in [0.15, 0.2) is 40.9 Å². The highest BCUT2D eigenvalue weighted by atomic mass is 32.2. The SMILES string of the molecule is Cc1cc(C)nc(SCC(=O)OCc2csc(CC(=O)Nc3ccccc3C)n2)n1. The summed E-state index contributed by atoms with van der Waals surface area (Å²) in [6.07, 6.45) is 0.173. The number of nitrogens with one attached hydrogen (secondary N) is 1. The number of anilines is 1. The monoisotopic (exact) mass is 442 g/mol. The number of para-hydroxylation sites is 1. The molecule has 1 aromatic carbocycles. The quantitative estimate of drug-likeness (QED) is 0.321. The van der Waals surface area contributed by atoms with E-state index in [-0.39, 0.29) is 30.7 Å². The molecule has 0 radical (unpaired) electrons. The van der Waals surface area contributed by atoms with Crippen LogP contribution in [0.3, 0.4) is 0 Å². The summed E-state index contributed by atoms with van der Waals surface area (Å²) in [5.41, 5.74) is 4.14. The average molecular weight is 443 g/mol. The smallest absolute Gasteiger partial charge is 0.316 e. The highest BCUT2D eigenvalue weighted by Crippen LogP contribution is 2.17. The molecule has 0 saturated heterocycles. The standard InChI is InChI=1S/C21H22N4O3S2/c1-13-6-4-5-7-17(13)25-18(26)9-19-24-16(11-29-19)10-28-20(27)12-30-21-22-14(2)8-15(3)23-21/h4-8,11H,9-10,12H2,1-3H3,(H,25,26). The third-order valence-corrected chi connectivity index (χ3v) is 5.71. The molecular formula is C21H22N4O3S2. The van der Waals surface area contributed by atoms with Crippen molar-refractivity contribution in [1.82, 2.24) is 15.0 Å². The molecule has 0 unspecified atom stereocenters. The van der Waals surface area contributed by atoms with E-state index in [0.29, 0.717) is 15.9 Å². The predicted octanol–water partition coefficient (Wildman–Crippen LogP) is 3.88. The van der Waals surface area contributed by atoms with Crippen LogP contribution >= 0.6 is 23.1 Å². The molecule has 0 saturated carbocycles. The van der Waals surface area contributed by atoms with Crippen molar-refractivity contribution in [3.05, 3.63) is 63.4 Å². The van der Waals surface area contributed by atoms with Gasteiger partial charge in [0, 0.05) is 22.5 Å². The Morgan fingerprint density at radius 1 is 1.10 bits per heavy atom. The van der Waals surface area contributed by atoms with Crippen LogP contribution in [0.25, 0.3) is 0 Å². The first-order valence-corrected chi connectivity index (χ1v) is 11.1. The largest absolute Gasteiger partial charge is 0.459 e. The molecule has 1 amide bonds. The number of rotatable bonds is 8. The topological polar surface area (TPSA) is 94.1 Å². The summed E-state index contributed by atoms with van der Waals surface area (Å²) in [4.78, 5) is 37.2. The maximum atomic E-state index is 12.2. The Hall–Kier alpha value is -2.78. The van der Waals surface area contributed by atoms with Gasteiger partial charge in [-0.2, -0.15) is 0 Å². The molecule has 9 heteroatoms. The number of thiazole rings is 1. The van der Waals surface area contributed by atoms with Crippen LogP contribution in [-0.4, -0.2) is 32.6 Å². The highest BCUT2D eigenvalue weighted by Gasteiger charge is 2.12. The van der Waals surface area contributed by atoms with Crippen LogP contribution < -0.4 is 5.32 Å². The van der Waals surface area contributed by atoms with Gasteiger partial charge in [0.2, 0.25) is 5.91 Å². The first kappa shape index (κ1) is 21.9. The summed E-state index contributed by atoms with van der Waals surface area (Å²) in [7, 11) is 0. The van der Waals surface area contributed by atoms with Crippen molar-refractivity contribution in [3.8, 4) is 0 Å². The van der Waals surface area contributed by atoms with Crippen molar-refractivity contribution < 1.29 is 14.3 Å². The summed E-state index contributed by atoms with van der Waals surface area (Å²) in [5.74, 6) is -0.375. The molecule has 7 nitrogen and oxygen atoms in total. The summed E-state index contributed by atoms with van der Waals surface area (Å²) in [5, 5.41) is 5.91. The molecule has 0 atom stereocenters. The van der Waals surface area contributed by atoms with E-state index in [9.17, 15) is 9.59 Å². The fourth-order valence-electron chi connectivity index (χ4n) is 2.62. The molecular weight excluding hydrogens is 420 g/mol. The Labute approximate surface area is 183 Å². The van der Waals surface area contributed by atoms with Gasteiger partial charge >= 0.3 is 5.97 Å². The van der Waals surface area contributed by atoms with Crippen LogP contribution in [0.5, 0.6) is 0 Å². The van der Waals surface area contributed by atoms with Gasteiger partial charge in [0.1, 0.15) is 11.6 Å². The van der Waals surface area contributed by atoms with Crippen molar-refractivity contribution in [2.24, 2.45) is 0 Å². The van der Waals surface area contributed by atoms with Gasteiger partial charge in [-0.25, -0.2) is 15.0 Å². The molecule has 0 fully saturated rings. The van der Waals surface area contributed by atoms with E-state index in [0.717, 1.165) is 22.6 Å². The minimum absolute atomic E-state index is 0.0724. The number of nitrogens with zero attached hydrogens (tertiary/aromatic N) is 3. The van der Waals surface area contributed by atoms with Crippen molar-refractivity contribution in [3.63, 3.8) is 0 Å². The second-order valence-corrected chi connectivity index (χ2v) is 8.54. The van der Waals surface area contributed by atoms with Gasteiger partial charge in [-0.15, -0.1) is 11.3 Å². The zero-order valence-corrected chi connectivity index (χ0v) is 18.6. The lowest BCUT2D eigenvalue weighted by Crippen LogP contribution is -2.15. The molecule has 30 heavy (non-hydrogen) atoms. The molecule has 2 heterocycles. The third-order valence-electron chi connectivity index (χ3n) is 3.99. The van der Waals surface area contributed by atoms with E-state index >= 15 is 0 Å². The van der Waals surface area contributed by atoms with E-state index in [2.05, 4.69) is 20.3 Å². The number of aromatic nitrogens is 3. The Morgan fingerprint density at radius 3 is 2.57 bits per heavy atom. The van der Waals surface area contributed by atoms with Crippen LogP contribution in [0.4, 0.5) is 5.69 Å². The first-order valence-electron chi connectivity index (χ1n) is 9.28. The van der Waals surface area contributed by atoms with E-state index in [1.54, 1.807) is 5.38 Å². The van der Waals surface area contributed by atoms with E-state index < -0.39 is 0 Å². The zero-order valence-electron chi connectivity index (χ0n) is 17.0. The van der Waals surface area contributed by atoms with Crippen molar-refractivity contribution in [2.75, 3.05) is 11.1 Å². The van der Waals surface area contributed by atoms with Crippen molar-refractivity contribution >= 4 is 40.7 Å². The molecule has 3 rings (SSSR count). The number of thioether (sulfide) groups is 1. The summed E-state index contributed by atoms with van der Waals surface area (Å²) in [6.45, 7) is 5.79. The number of amides is 1. The Kier molecular flexibility index (Phi) is 7.53. The Balaban J connectivity index is 1.44. The lowest BCUT2D eigenvalue weighted by Gasteiger charge is -2.06. The molecule has 156 valence electrons. The van der Waals surface area contributed by atoms with Gasteiger partial charge < -0.3 is 10.1 Å². The average Bonchev–Trinajstić information content (AvgIpc) is 3.13. The predicted molar refractivity (Wildman–Crippen MR) is 118 cm³/mol. The number of ether oxygens (including phenoxy) is 1. The maximum absolute atomic E-state index is 12.2. The maximum Gasteiger partial charge on any atom is 0.316 e. The van der Waals surface area contributed by atoms with Gasteiger partial charge in [-0.05, 0) is 38.5 Å². The summed E-state index contributed by atoms with van der Waals surface area (Å²) >= 11 is 2.61. The Bertz CT molecular complexity index is 1030. The van der Waals surface area contributed by atoms with Crippen LogP contribution in [0, 0.1) is 20.8 Å². The fraction of sp³-hybridized carbons (Fsp3) is 0.286. The minimum atomic E-state index is -0.366. The van der Waals surface area contributed by atoms with Crippen LogP contribution in [0.2, 0.25) is 0 Å². The number of aryl methyl sites for hydroxylation is 3. The van der Waals surface area contributed by atoms with Crippen molar-refractivity contribution in [1.29, 1.82) is 0 Å². The van der Waals surface area contributed by atoms with Gasteiger partial charge in [0.25, 0.3) is 0 Å². The first-order chi connectivity index (χ1) is 14.4. The van der Waals surface area contributed by atoms with Crippen LogP contribution in [0.1, 0.15) is 27.7 Å². The van der Waals surface area contributed by atoms with Gasteiger partial charge in [-0.1, -0.05) is 30.0 Å². The van der Waals surface area contributed by atoms with E-state index in [1.165, 1.54) is 23.1 Å². The number of carbonyl (C=O) groups is 2. The van der Waals surface area contributed by atoms with Crippen LogP contribution in [-0.2, 0) is 27.4 Å². The third kappa shape index (κ3) is 6.64. The number of carbonyl (C=O) groups excluding carboxylic acids is 2. The zero-order chi connectivity index (χ0) is 21.5. The van der Waals surface area contributed by atoms with Gasteiger partial charge in [0.05, 0.1) is 17.9 Å².